The second-order valence-corrected chi connectivity index (χ2v) is 7.61. The number of hydrogen-bond acceptors (Lipinski definition) is 6. The van der Waals surface area contributed by atoms with Gasteiger partial charge in [-0.2, -0.15) is 5.26 Å². The quantitative estimate of drug-likeness (QED) is 0.441. The summed E-state index contributed by atoms with van der Waals surface area (Å²) in [5, 5.41) is 11.8. The number of nitrogens with one attached hydrogen (secondary N) is 1. The number of nitriles is 1. The van der Waals surface area contributed by atoms with Crippen molar-refractivity contribution in [2.24, 2.45) is 0 Å². The Morgan fingerprint density at radius 2 is 1.94 bits per heavy atom. The van der Waals surface area contributed by atoms with E-state index in [9.17, 15) is 9.59 Å². The number of allylic oxidation sites excluding steroid dienone is 1. The van der Waals surface area contributed by atoms with Crippen molar-refractivity contribution in [3.63, 3.8) is 0 Å². The Labute approximate surface area is 191 Å². The minimum atomic E-state index is -0.550. The standard InChI is InChI=1S/C26H23N3O4/c1-32-19-10-7-17(8-11-19)15-18-9-12-21-24(20-5-2-3-6-22(20)29-25(18)21)26(31)33-16-23(30)28-14-4-13-27/h2-3,5-8,10-11,15H,4,9,12,14,16H2,1H3,(H,28,30). The number of amides is 1. The summed E-state index contributed by atoms with van der Waals surface area (Å²) in [4.78, 5) is 29.8. The van der Waals surface area contributed by atoms with Gasteiger partial charge in [0.1, 0.15) is 5.75 Å². The number of fused-ring (bicyclic) bond motifs is 2. The highest BCUT2D eigenvalue weighted by atomic mass is 16.5. The number of aromatic nitrogens is 1. The van der Waals surface area contributed by atoms with Gasteiger partial charge in [0.2, 0.25) is 0 Å². The largest absolute Gasteiger partial charge is 0.497 e. The normalized spacial score (nSPS) is 13.4. The number of carbonyl (C=O) groups excluding carboxylic acids is 2. The summed E-state index contributed by atoms with van der Waals surface area (Å²) in [6, 6.07) is 17.1. The Kier molecular flexibility index (Phi) is 6.65. The zero-order valence-electron chi connectivity index (χ0n) is 18.3. The highest BCUT2D eigenvalue weighted by Gasteiger charge is 2.27. The lowest BCUT2D eigenvalue weighted by atomic mass is 10.0. The Bertz CT molecular complexity index is 1270. The first-order valence-electron chi connectivity index (χ1n) is 10.7. The molecule has 0 aliphatic heterocycles. The third kappa shape index (κ3) is 4.85. The molecule has 2 aromatic carbocycles. The molecule has 0 saturated carbocycles. The Hall–Kier alpha value is -4.18. The van der Waals surface area contributed by atoms with Crippen molar-refractivity contribution in [1.82, 2.24) is 10.3 Å². The molecule has 7 heteroatoms. The molecule has 1 aliphatic carbocycles. The van der Waals surface area contributed by atoms with Crippen molar-refractivity contribution in [3.05, 3.63) is 70.9 Å². The SMILES string of the molecule is COc1ccc(C=C2CCc3c2nc2ccccc2c3C(=O)OCC(=O)NCCC#N)cc1. The highest BCUT2D eigenvalue weighted by molar-refractivity contribution is 6.07. The van der Waals surface area contributed by atoms with Gasteiger partial charge in [0.15, 0.2) is 6.61 Å². The molecule has 0 spiro atoms. The second kappa shape index (κ2) is 9.96. The molecule has 3 aromatic rings. The lowest BCUT2D eigenvalue weighted by Gasteiger charge is -2.12. The van der Waals surface area contributed by atoms with E-state index in [-0.39, 0.29) is 13.0 Å². The number of hydrogen-bond donors (Lipinski definition) is 1. The van der Waals surface area contributed by atoms with Crippen LogP contribution in [-0.4, -0.2) is 37.1 Å². The van der Waals surface area contributed by atoms with Gasteiger partial charge in [0.05, 0.1) is 36.4 Å². The third-order valence-corrected chi connectivity index (χ3v) is 5.50. The summed E-state index contributed by atoms with van der Waals surface area (Å²) in [7, 11) is 1.63. The monoisotopic (exact) mass is 441 g/mol. The Balaban J connectivity index is 1.65. The number of esters is 1. The van der Waals surface area contributed by atoms with Gasteiger partial charge in [-0.1, -0.05) is 30.3 Å². The summed E-state index contributed by atoms with van der Waals surface area (Å²) in [5.41, 5.74) is 4.84. The lowest BCUT2D eigenvalue weighted by molar-refractivity contribution is -0.124. The number of benzene rings is 2. The van der Waals surface area contributed by atoms with Gasteiger partial charge in [-0.25, -0.2) is 9.78 Å². The summed E-state index contributed by atoms with van der Waals surface area (Å²) in [6.45, 7) is -0.176. The van der Waals surface area contributed by atoms with Crippen molar-refractivity contribution in [1.29, 1.82) is 5.26 Å². The molecule has 1 aliphatic rings. The first-order valence-corrected chi connectivity index (χ1v) is 10.7. The third-order valence-electron chi connectivity index (χ3n) is 5.50. The summed E-state index contributed by atoms with van der Waals surface area (Å²) in [5.74, 6) is -0.200. The smallest absolute Gasteiger partial charge is 0.339 e. The zero-order chi connectivity index (χ0) is 23.2. The van der Waals surface area contributed by atoms with Crippen molar-refractivity contribution in [2.45, 2.75) is 19.3 Å². The van der Waals surface area contributed by atoms with E-state index in [2.05, 4.69) is 11.4 Å². The predicted octanol–water partition coefficient (Wildman–Crippen LogP) is 3.92. The van der Waals surface area contributed by atoms with Gasteiger partial charge >= 0.3 is 5.97 Å². The Morgan fingerprint density at radius 1 is 1.15 bits per heavy atom. The van der Waals surface area contributed by atoms with E-state index in [4.69, 9.17) is 19.7 Å². The van der Waals surface area contributed by atoms with Gasteiger partial charge in [-0.05, 0) is 53.8 Å². The first-order chi connectivity index (χ1) is 16.1. The molecule has 1 aromatic heterocycles. The van der Waals surface area contributed by atoms with Crippen molar-refractivity contribution in [2.75, 3.05) is 20.3 Å². The summed E-state index contributed by atoms with van der Waals surface area (Å²) in [6.07, 6.45) is 3.68. The zero-order valence-corrected chi connectivity index (χ0v) is 18.3. The van der Waals surface area contributed by atoms with Crippen molar-refractivity contribution < 1.29 is 19.1 Å². The van der Waals surface area contributed by atoms with E-state index in [1.165, 1.54) is 0 Å². The maximum Gasteiger partial charge on any atom is 0.339 e. The van der Waals surface area contributed by atoms with E-state index in [1.54, 1.807) is 7.11 Å². The summed E-state index contributed by atoms with van der Waals surface area (Å²) >= 11 is 0. The average molecular weight is 441 g/mol. The molecule has 1 heterocycles. The van der Waals surface area contributed by atoms with E-state index < -0.39 is 18.5 Å². The fraction of sp³-hybridized carbons (Fsp3) is 0.231. The number of nitrogens with zero attached hydrogens (tertiary/aromatic N) is 2. The molecule has 0 bridgehead atoms. The Morgan fingerprint density at radius 3 is 2.70 bits per heavy atom. The van der Waals surface area contributed by atoms with Crippen LogP contribution in [0.3, 0.4) is 0 Å². The molecule has 166 valence electrons. The van der Waals surface area contributed by atoms with Crippen LogP contribution in [0, 0.1) is 11.3 Å². The topological polar surface area (TPSA) is 101 Å². The van der Waals surface area contributed by atoms with Crippen LogP contribution >= 0.6 is 0 Å². The maximum atomic E-state index is 13.1. The molecule has 4 rings (SSSR count). The molecule has 33 heavy (non-hydrogen) atoms. The van der Waals surface area contributed by atoms with Crippen LogP contribution in [0.1, 0.15) is 40.0 Å². The van der Waals surface area contributed by atoms with Crippen LogP contribution in [0.25, 0.3) is 22.6 Å². The van der Waals surface area contributed by atoms with Crippen molar-refractivity contribution in [3.8, 4) is 11.8 Å². The average Bonchev–Trinajstić information content (AvgIpc) is 3.23. The minimum absolute atomic E-state index is 0.200. The van der Waals surface area contributed by atoms with Crippen LogP contribution in [0.2, 0.25) is 0 Å². The molecular weight excluding hydrogens is 418 g/mol. The second-order valence-electron chi connectivity index (χ2n) is 7.61. The van der Waals surface area contributed by atoms with Crippen LogP contribution in [0.4, 0.5) is 0 Å². The van der Waals surface area contributed by atoms with Crippen LogP contribution in [0.15, 0.2) is 48.5 Å². The molecule has 0 radical (unpaired) electrons. The molecule has 0 fully saturated rings. The highest BCUT2D eigenvalue weighted by Crippen LogP contribution is 2.37. The lowest BCUT2D eigenvalue weighted by Crippen LogP contribution is -2.29. The van der Waals surface area contributed by atoms with E-state index in [0.717, 1.165) is 34.6 Å². The molecule has 1 amide bonds. The van der Waals surface area contributed by atoms with E-state index in [0.29, 0.717) is 22.9 Å². The van der Waals surface area contributed by atoms with E-state index in [1.807, 2.05) is 54.6 Å². The van der Waals surface area contributed by atoms with Crippen molar-refractivity contribution >= 4 is 34.4 Å². The van der Waals surface area contributed by atoms with Crippen LogP contribution < -0.4 is 10.1 Å². The van der Waals surface area contributed by atoms with Gasteiger partial charge in [-0.15, -0.1) is 0 Å². The first kappa shape index (κ1) is 22.0. The number of para-hydroxylation sites is 1. The molecule has 1 N–H and O–H groups in total. The van der Waals surface area contributed by atoms with Crippen LogP contribution in [-0.2, 0) is 16.0 Å². The number of methoxy groups -OCH3 is 1. The molecule has 0 atom stereocenters. The van der Waals surface area contributed by atoms with Gasteiger partial charge in [0, 0.05) is 11.9 Å². The number of ether oxygens (including phenoxy) is 2. The van der Waals surface area contributed by atoms with Gasteiger partial charge < -0.3 is 14.8 Å². The maximum absolute atomic E-state index is 13.1. The van der Waals surface area contributed by atoms with Crippen LogP contribution in [0.5, 0.6) is 5.75 Å². The molecule has 0 unspecified atom stereocenters. The fourth-order valence-corrected chi connectivity index (χ4v) is 3.93. The number of rotatable bonds is 7. The van der Waals surface area contributed by atoms with Gasteiger partial charge in [0.25, 0.3) is 5.91 Å². The molecule has 7 nitrogen and oxygen atoms in total. The minimum Gasteiger partial charge on any atom is -0.497 e. The number of pyridine rings is 1. The predicted molar refractivity (Wildman–Crippen MR) is 124 cm³/mol. The molecule has 0 saturated heterocycles. The fourth-order valence-electron chi connectivity index (χ4n) is 3.93. The molecular formula is C26H23N3O4. The van der Waals surface area contributed by atoms with E-state index >= 15 is 0 Å². The number of carbonyl (C=O) groups is 2. The van der Waals surface area contributed by atoms with Gasteiger partial charge in [-0.3, -0.25) is 4.79 Å². The summed E-state index contributed by atoms with van der Waals surface area (Å²) < 4.78 is 10.6.